The van der Waals surface area contributed by atoms with Crippen molar-refractivity contribution in [1.82, 2.24) is 25.1 Å². The molecule has 2 N–H and O–H groups in total. The van der Waals surface area contributed by atoms with Gasteiger partial charge in [-0.2, -0.15) is 5.10 Å². The van der Waals surface area contributed by atoms with Crippen LogP contribution in [0.5, 0.6) is 0 Å². The van der Waals surface area contributed by atoms with E-state index >= 15 is 0 Å². The Kier molecular flexibility index (Phi) is 3.74. The minimum Gasteiger partial charge on any atom is -0.372 e. The number of anilines is 1. The molecule has 0 saturated carbocycles. The lowest BCUT2D eigenvalue weighted by atomic mass is 10.2. The summed E-state index contributed by atoms with van der Waals surface area (Å²) in [4.78, 5) is 20.0. The van der Waals surface area contributed by atoms with Gasteiger partial charge in [0.15, 0.2) is 0 Å². The summed E-state index contributed by atoms with van der Waals surface area (Å²) in [6, 6.07) is 0. The standard InChI is InChI=1S/C12H16N6O/c1-8-9(5-16-18(8)3)4-15-12(19)10-6-14-7-11(13-2)17-10/h5-7H,4H2,1-3H3,(H,13,17)(H,15,19). The third-order valence-corrected chi connectivity index (χ3v) is 2.90. The van der Waals surface area contributed by atoms with E-state index in [9.17, 15) is 4.79 Å². The minimum atomic E-state index is -0.257. The van der Waals surface area contributed by atoms with E-state index in [0.29, 0.717) is 12.4 Å². The molecular weight excluding hydrogens is 244 g/mol. The predicted molar refractivity (Wildman–Crippen MR) is 70.7 cm³/mol. The monoisotopic (exact) mass is 260 g/mol. The Morgan fingerprint density at radius 2 is 2.16 bits per heavy atom. The summed E-state index contributed by atoms with van der Waals surface area (Å²) in [5.41, 5.74) is 2.29. The van der Waals surface area contributed by atoms with Crippen LogP contribution >= 0.6 is 0 Å². The maximum absolute atomic E-state index is 11.9. The van der Waals surface area contributed by atoms with E-state index in [1.807, 2.05) is 14.0 Å². The van der Waals surface area contributed by atoms with Crippen molar-refractivity contribution in [2.75, 3.05) is 12.4 Å². The highest BCUT2D eigenvalue weighted by Crippen LogP contribution is 2.06. The molecule has 0 aliphatic heterocycles. The fourth-order valence-electron chi connectivity index (χ4n) is 1.58. The molecule has 0 atom stereocenters. The zero-order valence-electron chi connectivity index (χ0n) is 11.1. The van der Waals surface area contributed by atoms with E-state index < -0.39 is 0 Å². The Labute approximate surface area is 111 Å². The molecule has 0 radical (unpaired) electrons. The van der Waals surface area contributed by atoms with Gasteiger partial charge < -0.3 is 10.6 Å². The van der Waals surface area contributed by atoms with Crippen LogP contribution in [-0.4, -0.2) is 32.7 Å². The first kappa shape index (κ1) is 13.0. The lowest BCUT2D eigenvalue weighted by molar-refractivity contribution is 0.0945. The third-order valence-electron chi connectivity index (χ3n) is 2.90. The van der Waals surface area contributed by atoms with Crippen LogP contribution in [-0.2, 0) is 13.6 Å². The van der Waals surface area contributed by atoms with E-state index in [1.165, 1.54) is 6.20 Å². The maximum atomic E-state index is 11.9. The third kappa shape index (κ3) is 2.87. The fourth-order valence-corrected chi connectivity index (χ4v) is 1.58. The van der Waals surface area contributed by atoms with Gasteiger partial charge in [0, 0.05) is 31.9 Å². The number of aryl methyl sites for hydroxylation is 1. The number of rotatable bonds is 4. The fraction of sp³-hybridized carbons (Fsp3) is 0.333. The molecule has 19 heavy (non-hydrogen) atoms. The van der Waals surface area contributed by atoms with Crippen molar-refractivity contribution in [3.63, 3.8) is 0 Å². The molecule has 0 saturated heterocycles. The Hall–Kier alpha value is -2.44. The van der Waals surface area contributed by atoms with E-state index in [0.717, 1.165) is 11.3 Å². The summed E-state index contributed by atoms with van der Waals surface area (Å²) in [6.07, 6.45) is 4.74. The Morgan fingerprint density at radius 3 is 2.79 bits per heavy atom. The lowest BCUT2D eigenvalue weighted by Gasteiger charge is -2.05. The number of hydrogen-bond donors (Lipinski definition) is 2. The average Bonchev–Trinajstić information content (AvgIpc) is 2.76. The van der Waals surface area contributed by atoms with Gasteiger partial charge in [-0.05, 0) is 6.92 Å². The van der Waals surface area contributed by atoms with Gasteiger partial charge in [-0.15, -0.1) is 0 Å². The van der Waals surface area contributed by atoms with Gasteiger partial charge in [0.1, 0.15) is 11.5 Å². The summed E-state index contributed by atoms with van der Waals surface area (Å²) < 4.78 is 1.77. The molecule has 0 aromatic carbocycles. The molecule has 2 aromatic heterocycles. The zero-order valence-corrected chi connectivity index (χ0v) is 11.1. The van der Waals surface area contributed by atoms with Crippen LogP contribution in [0, 0.1) is 6.92 Å². The lowest BCUT2D eigenvalue weighted by Crippen LogP contribution is -2.24. The SMILES string of the molecule is CNc1cncc(C(=O)NCc2cnn(C)c2C)n1. The molecule has 7 nitrogen and oxygen atoms in total. The van der Waals surface area contributed by atoms with Gasteiger partial charge in [-0.3, -0.25) is 14.5 Å². The van der Waals surface area contributed by atoms with Gasteiger partial charge in [0.05, 0.1) is 18.6 Å². The quantitative estimate of drug-likeness (QED) is 0.835. The zero-order chi connectivity index (χ0) is 13.8. The Balaban J connectivity index is 2.03. The summed E-state index contributed by atoms with van der Waals surface area (Å²) >= 11 is 0. The smallest absolute Gasteiger partial charge is 0.271 e. The van der Waals surface area contributed by atoms with Crippen molar-refractivity contribution < 1.29 is 4.79 Å². The minimum absolute atomic E-state index is 0.257. The number of nitrogens with zero attached hydrogens (tertiary/aromatic N) is 4. The Morgan fingerprint density at radius 1 is 1.37 bits per heavy atom. The van der Waals surface area contributed by atoms with Gasteiger partial charge in [-0.25, -0.2) is 4.98 Å². The topological polar surface area (TPSA) is 84.7 Å². The molecule has 0 unspecified atom stereocenters. The van der Waals surface area contributed by atoms with Crippen LogP contribution in [0.3, 0.4) is 0 Å². The summed E-state index contributed by atoms with van der Waals surface area (Å²) in [7, 11) is 3.59. The van der Waals surface area contributed by atoms with Crippen molar-refractivity contribution in [3.05, 3.63) is 35.5 Å². The number of hydrogen-bond acceptors (Lipinski definition) is 5. The molecule has 2 heterocycles. The van der Waals surface area contributed by atoms with E-state index in [-0.39, 0.29) is 11.6 Å². The second kappa shape index (κ2) is 5.47. The first-order valence-electron chi connectivity index (χ1n) is 5.87. The van der Waals surface area contributed by atoms with Crippen molar-refractivity contribution >= 4 is 11.7 Å². The van der Waals surface area contributed by atoms with E-state index in [2.05, 4.69) is 25.7 Å². The van der Waals surface area contributed by atoms with Gasteiger partial charge in [0.25, 0.3) is 5.91 Å². The molecular formula is C12H16N6O. The molecule has 0 spiro atoms. The van der Waals surface area contributed by atoms with Crippen LogP contribution in [0.15, 0.2) is 18.6 Å². The highest BCUT2D eigenvalue weighted by Gasteiger charge is 2.10. The Bertz CT molecular complexity index is 592. The van der Waals surface area contributed by atoms with Gasteiger partial charge >= 0.3 is 0 Å². The molecule has 100 valence electrons. The average molecular weight is 260 g/mol. The van der Waals surface area contributed by atoms with Crippen molar-refractivity contribution in [3.8, 4) is 0 Å². The summed E-state index contributed by atoms with van der Waals surface area (Å²) in [5, 5.41) is 9.76. The second-order valence-electron chi connectivity index (χ2n) is 4.10. The first-order valence-corrected chi connectivity index (χ1v) is 5.87. The highest BCUT2D eigenvalue weighted by atomic mass is 16.1. The van der Waals surface area contributed by atoms with Crippen LogP contribution in [0.25, 0.3) is 0 Å². The van der Waals surface area contributed by atoms with Crippen LogP contribution in [0.1, 0.15) is 21.7 Å². The highest BCUT2D eigenvalue weighted by molar-refractivity contribution is 5.92. The largest absolute Gasteiger partial charge is 0.372 e. The molecule has 0 aliphatic rings. The van der Waals surface area contributed by atoms with Crippen LogP contribution in [0.2, 0.25) is 0 Å². The van der Waals surface area contributed by atoms with Crippen molar-refractivity contribution in [1.29, 1.82) is 0 Å². The number of amides is 1. The van der Waals surface area contributed by atoms with Crippen molar-refractivity contribution in [2.24, 2.45) is 7.05 Å². The number of carbonyl (C=O) groups is 1. The van der Waals surface area contributed by atoms with Gasteiger partial charge in [-0.1, -0.05) is 0 Å². The number of aromatic nitrogens is 4. The van der Waals surface area contributed by atoms with E-state index in [4.69, 9.17) is 0 Å². The molecule has 1 amide bonds. The van der Waals surface area contributed by atoms with Gasteiger partial charge in [0.2, 0.25) is 0 Å². The second-order valence-corrected chi connectivity index (χ2v) is 4.10. The summed E-state index contributed by atoms with van der Waals surface area (Å²) in [5.74, 6) is 0.304. The van der Waals surface area contributed by atoms with Crippen LogP contribution in [0.4, 0.5) is 5.82 Å². The molecule has 0 fully saturated rings. The maximum Gasteiger partial charge on any atom is 0.271 e. The van der Waals surface area contributed by atoms with Crippen LogP contribution < -0.4 is 10.6 Å². The molecule has 2 aromatic rings. The number of carbonyl (C=O) groups excluding carboxylic acids is 1. The van der Waals surface area contributed by atoms with Crippen molar-refractivity contribution in [2.45, 2.75) is 13.5 Å². The first-order chi connectivity index (χ1) is 9.11. The molecule has 7 heteroatoms. The van der Waals surface area contributed by atoms with E-state index in [1.54, 1.807) is 24.1 Å². The number of nitrogens with one attached hydrogen (secondary N) is 2. The summed E-state index contributed by atoms with van der Waals surface area (Å²) in [6.45, 7) is 2.37. The molecule has 0 bridgehead atoms. The molecule has 0 aliphatic carbocycles. The predicted octanol–water partition coefficient (Wildman–Crippen LogP) is 0.490. The molecule has 2 rings (SSSR count). The normalized spacial score (nSPS) is 10.3.